The fraction of sp³-hybridized carbons (Fsp3) is 0.333. The largest absolute Gasteiger partial charge is 0.481 e. The third kappa shape index (κ3) is 6.34. The number of aliphatic hydroxyl groups excluding tert-OH is 1. The lowest BCUT2D eigenvalue weighted by Gasteiger charge is -2.28. The Kier molecular flexibility index (Phi) is 9.25. The predicted molar refractivity (Wildman–Crippen MR) is 169 cm³/mol. The van der Waals surface area contributed by atoms with Crippen molar-refractivity contribution in [3.63, 3.8) is 0 Å². The molecule has 43 heavy (non-hydrogen) atoms. The number of rotatable bonds is 8. The Morgan fingerprint density at radius 1 is 1.07 bits per heavy atom. The molecule has 0 spiro atoms. The summed E-state index contributed by atoms with van der Waals surface area (Å²) in [6.45, 7) is 4.12. The van der Waals surface area contributed by atoms with Crippen LogP contribution in [0.5, 0.6) is 5.88 Å². The number of aryl methyl sites for hydroxylation is 2. The standard InChI is InChI=1S/C33H36ClN5O4/c1-19-17-36-39(3)33(42)29(19)31(41)37-25-13-8-9-22(20(25)2)23-10-7-11-24(30(23)34)26-16-15-21(32(38-26)43-4)18-35-27-12-5-6-14-28(27)40/h7-11,13,15-17,27-28,35,40H,5-6,12,14,18H2,1-4H3,(H,37,41)/t27?,28-/m0/s1. The van der Waals surface area contributed by atoms with Gasteiger partial charge in [0.15, 0.2) is 0 Å². The molecule has 9 nitrogen and oxygen atoms in total. The first-order valence-corrected chi connectivity index (χ1v) is 14.8. The van der Waals surface area contributed by atoms with E-state index >= 15 is 0 Å². The number of methoxy groups -OCH3 is 1. The number of nitrogens with one attached hydrogen (secondary N) is 2. The Morgan fingerprint density at radius 3 is 2.56 bits per heavy atom. The Bertz CT molecular complexity index is 1720. The van der Waals surface area contributed by atoms with Gasteiger partial charge in [0.05, 0.1) is 30.1 Å². The zero-order chi connectivity index (χ0) is 30.7. The molecule has 0 saturated heterocycles. The average molecular weight is 602 g/mol. The number of hydrogen-bond donors (Lipinski definition) is 3. The SMILES string of the molecule is COc1nc(-c2cccc(-c3cccc(NC(=O)c4c(C)cnn(C)c4=O)c3C)c2Cl)ccc1CNC1CCCC[C@@H]1O. The summed E-state index contributed by atoms with van der Waals surface area (Å²) in [5.74, 6) is -0.000301. The number of carbonyl (C=O) groups is 1. The van der Waals surface area contributed by atoms with Crippen molar-refractivity contribution in [2.45, 2.75) is 58.2 Å². The quantitative estimate of drug-likeness (QED) is 0.246. The van der Waals surface area contributed by atoms with Crippen molar-refractivity contribution in [1.29, 1.82) is 0 Å². The lowest BCUT2D eigenvalue weighted by atomic mass is 9.92. The van der Waals surface area contributed by atoms with Crippen molar-refractivity contribution >= 4 is 23.2 Å². The van der Waals surface area contributed by atoms with Crippen LogP contribution in [0.1, 0.15) is 52.7 Å². The Hall–Kier alpha value is -4.05. The van der Waals surface area contributed by atoms with Crippen LogP contribution in [-0.4, -0.2) is 45.0 Å². The van der Waals surface area contributed by atoms with Gasteiger partial charge in [0.1, 0.15) is 5.56 Å². The van der Waals surface area contributed by atoms with Gasteiger partial charge in [-0.3, -0.25) is 9.59 Å². The smallest absolute Gasteiger partial charge is 0.279 e. The number of aliphatic hydroxyl groups is 1. The second-order valence-corrected chi connectivity index (χ2v) is 11.3. The van der Waals surface area contributed by atoms with Crippen LogP contribution in [0.3, 0.4) is 0 Å². The van der Waals surface area contributed by atoms with Crippen molar-refractivity contribution in [2.75, 3.05) is 12.4 Å². The van der Waals surface area contributed by atoms with E-state index in [1.807, 2.05) is 49.4 Å². The summed E-state index contributed by atoms with van der Waals surface area (Å²) < 4.78 is 6.78. The fourth-order valence-corrected chi connectivity index (χ4v) is 5.93. The number of ether oxygens (including phenoxy) is 1. The van der Waals surface area contributed by atoms with Crippen molar-refractivity contribution < 1.29 is 14.6 Å². The van der Waals surface area contributed by atoms with Gasteiger partial charge in [-0.05, 0) is 55.5 Å². The molecule has 2 aromatic heterocycles. The van der Waals surface area contributed by atoms with Crippen LogP contribution < -0.4 is 20.9 Å². The minimum absolute atomic E-state index is 0.0518. The maximum atomic E-state index is 13.1. The van der Waals surface area contributed by atoms with Gasteiger partial charge >= 0.3 is 0 Å². The maximum Gasteiger partial charge on any atom is 0.279 e. The topological polar surface area (TPSA) is 118 Å². The molecule has 0 bridgehead atoms. The summed E-state index contributed by atoms with van der Waals surface area (Å²) >= 11 is 7.02. The molecular weight excluding hydrogens is 566 g/mol. The lowest BCUT2D eigenvalue weighted by molar-refractivity contribution is 0.0901. The minimum Gasteiger partial charge on any atom is -0.481 e. The van der Waals surface area contributed by atoms with Gasteiger partial charge in [-0.2, -0.15) is 5.10 Å². The van der Waals surface area contributed by atoms with Crippen LogP contribution in [0.4, 0.5) is 5.69 Å². The number of pyridine rings is 1. The number of aromatic nitrogens is 3. The highest BCUT2D eigenvalue weighted by atomic mass is 35.5. The number of benzene rings is 2. The van der Waals surface area contributed by atoms with Gasteiger partial charge < -0.3 is 20.5 Å². The molecule has 1 saturated carbocycles. The molecule has 0 aliphatic heterocycles. The van der Waals surface area contributed by atoms with Crippen LogP contribution in [0.2, 0.25) is 5.02 Å². The van der Waals surface area contributed by atoms with E-state index in [4.69, 9.17) is 21.3 Å². The molecule has 2 heterocycles. The van der Waals surface area contributed by atoms with Crippen molar-refractivity contribution in [3.8, 4) is 28.3 Å². The van der Waals surface area contributed by atoms with Crippen LogP contribution in [0, 0.1) is 13.8 Å². The molecule has 2 aromatic carbocycles. The Labute approximate surface area is 255 Å². The predicted octanol–water partition coefficient (Wildman–Crippen LogP) is 5.43. The second-order valence-electron chi connectivity index (χ2n) is 10.9. The number of nitrogens with zero attached hydrogens (tertiary/aromatic N) is 3. The Balaban J connectivity index is 1.42. The molecule has 1 fully saturated rings. The van der Waals surface area contributed by atoms with E-state index in [1.165, 1.54) is 13.2 Å². The molecule has 2 atom stereocenters. The summed E-state index contributed by atoms with van der Waals surface area (Å²) in [5.41, 5.74) is 5.38. The van der Waals surface area contributed by atoms with Crippen LogP contribution in [0.25, 0.3) is 22.4 Å². The summed E-state index contributed by atoms with van der Waals surface area (Å²) in [7, 11) is 3.10. The fourth-order valence-electron chi connectivity index (χ4n) is 5.60. The summed E-state index contributed by atoms with van der Waals surface area (Å²) in [4.78, 5) is 30.5. The monoisotopic (exact) mass is 601 g/mol. The highest BCUT2D eigenvalue weighted by Crippen LogP contribution is 2.39. The molecule has 1 amide bonds. The molecule has 4 aromatic rings. The van der Waals surface area contributed by atoms with E-state index in [0.717, 1.165) is 58.2 Å². The first-order chi connectivity index (χ1) is 20.7. The zero-order valence-electron chi connectivity index (χ0n) is 24.8. The summed E-state index contributed by atoms with van der Waals surface area (Å²) in [5, 5.41) is 21.2. The highest BCUT2D eigenvalue weighted by Gasteiger charge is 2.23. The number of halogens is 1. The van der Waals surface area contributed by atoms with E-state index in [0.29, 0.717) is 34.4 Å². The summed E-state index contributed by atoms with van der Waals surface area (Å²) in [6, 6.07) is 15.3. The van der Waals surface area contributed by atoms with E-state index in [1.54, 1.807) is 20.1 Å². The molecule has 5 rings (SSSR count). The van der Waals surface area contributed by atoms with Gasteiger partial charge in [-0.15, -0.1) is 0 Å². The van der Waals surface area contributed by atoms with Crippen molar-refractivity contribution in [3.05, 3.63) is 92.4 Å². The van der Waals surface area contributed by atoms with Gasteiger partial charge in [0.2, 0.25) is 5.88 Å². The zero-order valence-corrected chi connectivity index (χ0v) is 25.5. The molecule has 224 valence electrons. The molecular formula is C33H36ClN5O4. The van der Waals surface area contributed by atoms with Gasteiger partial charge in [0, 0.05) is 42.0 Å². The van der Waals surface area contributed by atoms with Crippen LogP contribution in [0.15, 0.2) is 59.5 Å². The average Bonchev–Trinajstić information content (AvgIpc) is 3.00. The second kappa shape index (κ2) is 13.1. The third-order valence-corrected chi connectivity index (χ3v) is 8.52. The van der Waals surface area contributed by atoms with Gasteiger partial charge in [0.25, 0.3) is 11.5 Å². The van der Waals surface area contributed by atoms with E-state index < -0.39 is 11.5 Å². The molecule has 3 N–H and O–H groups in total. The number of hydrogen-bond acceptors (Lipinski definition) is 7. The molecule has 1 unspecified atom stereocenters. The number of carbonyl (C=O) groups excluding carboxylic acids is 1. The van der Waals surface area contributed by atoms with Crippen molar-refractivity contribution in [1.82, 2.24) is 20.1 Å². The van der Waals surface area contributed by atoms with Crippen molar-refractivity contribution in [2.24, 2.45) is 7.05 Å². The van der Waals surface area contributed by atoms with Gasteiger partial charge in [-0.1, -0.05) is 60.8 Å². The van der Waals surface area contributed by atoms with Gasteiger partial charge in [-0.25, -0.2) is 9.67 Å². The lowest BCUT2D eigenvalue weighted by Crippen LogP contribution is -2.41. The van der Waals surface area contributed by atoms with E-state index in [2.05, 4.69) is 15.7 Å². The molecule has 1 aliphatic rings. The van der Waals surface area contributed by atoms with E-state index in [9.17, 15) is 14.7 Å². The molecule has 10 heteroatoms. The highest BCUT2D eigenvalue weighted by molar-refractivity contribution is 6.36. The first kappa shape index (κ1) is 30.4. The summed E-state index contributed by atoms with van der Waals surface area (Å²) in [6.07, 6.45) is 5.10. The van der Waals surface area contributed by atoms with Crippen LogP contribution >= 0.6 is 11.6 Å². The van der Waals surface area contributed by atoms with Crippen LogP contribution in [-0.2, 0) is 13.6 Å². The Morgan fingerprint density at radius 2 is 1.79 bits per heavy atom. The molecule has 0 radical (unpaired) electrons. The normalized spacial score (nSPS) is 16.6. The minimum atomic E-state index is -0.496. The third-order valence-electron chi connectivity index (χ3n) is 8.12. The number of amides is 1. The first-order valence-electron chi connectivity index (χ1n) is 14.4. The number of anilines is 1. The maximum absolute atomic E-state index is 13.1. The van der Waals surface area contributed by atoms with E-state index in [-0.39, 0.29) is 17.7 Å². The molecule has 1 aliphatic carbocycles.